The molecule has 0 aliphatic carbocycles. The van der Waals surface area contributed by atoms with Gasteiger partial charge in [-0.2, -0.15) is 0 Å². The Labute approximate surface area is 167 Å². The summed E-state index contributed by atoms with van der Waals surface area (Å²) in [6.07, 6.45) is 0. The van der Waals surface area contributed by atoms with Crippen molar-refractivity contribution in [1.29, 1.82) is 0 Å². The Bertz CT molecular complexity index is 1030. The first-order valence-electron chi connectivity index (χ1n) is 8.40. The van der Waals surface area contributed by atoms with E-state index in [0.29, 0.717) is 21.3 Å². The van der Waals surface area contributed by atoms with Gasteiger partial charge >= 0.3 is 0 Å². The summed E-state index contributed by atoms with van der Waals surface area (Å²) >= 11 is 7.52. The Morgan fingerprint density at radius 1 is 0.963 bits per heavy atom. The van der Waals surface area contributed by atoms with E-state index >= 15 is 0 Å². The summed E-state index contributed by atoms with van der Waals surface area (Å²) in [6, 6.07) is 14.9. The number of hydrogen-bond donors (Lipinski definition) is 2. The lowest BCUT2D eigenvalue weighted by Gasteiger charge is -2.12. The molecule has 0 radical (unpaired) electrons. The Kier molecular flexibility index (Phi) is 5.63. The maximum absolute atomic E-state index is 12.7. The Balaban J connectivity index is 1.86. The van der Waals surface area contributed by atoms with Crippen LogP contribution in [0.4, 0.5) is 11.4 Å². The maximum Gasteiger partial charge on any atom is 0.265 e. The van der Waals surface area contributed by atoms with Crippen molar-refractivity contribution >= 4 is 46.1 Å². The van der Waals surface area contributed by atoms with Gasteiger partial charge in [0.2, 0.25) is 5.91 Å². The van der Waals surface area contributed by atoms with Crippen LogP contribution in [0.3, 0.4) is 0 Å². The van der Waals surface area contributed by atoms with E-state index in [4.69, 9.17) is 11.6 Å². The quantitative estimate of drug-likeness (QED) is 0.575. The van der Waals surface area contributed by atoms with Crippen molar-refractivity contribution in [3.05, 3.63) is 69.6 Å². The number of anilines is 2. The molecule has 0 atom stereocenters. The van der Waals surface area contributed by atoms with Gasteiger partial charge in [-0.3, -0.25) is 9.59 Å². The van der Waals surface area contributed by atoms with E-state index in [0.717, 1.165) is 21.6 Å². The van der Waals surface area contributed by atoms with Crippen LogP contribution in [0.15, 0.2) is 48.5 Å². The van der Waals surface area contributed by atoms with Gasteiger partial charge in [0.15, 0.2) is 0 Å². The number of rotatable bonds is 4. The lowest BCUT2D eigenvalue weighted by atomic mass is 10.1. The second kappa shape index (κ2) is 7.94. The lowest BCUT2D eigenvalue weighted by Crippen LogP contribution is -2.13. The summed E-state index contributed by atoms with van der Waals surface area (Å²) in [4.78, 5) is 25.7. The first kappa shape index (κ1) is 19.1. The SMILES string of the molecule is CC(=O)Nc1cccc(NC(=O)c2cc(C)c(-c3cccc(Cl)c3)s2)c1C. The number of benzene rings is 2. The highest BCUT2D eigenvalue weighted by atomic mass is 35.5. The molecule has 4 nitrogen and oxygen atoms in total. The highest BCUT2D eigenvalue weighted by molar-refractivity contribution is 7.17. The normalized spacial score (nSPS) is 10.5. The van der Waals surface area contributed by atoms with Gasteiger partial charge < -0.3 is 10.6 Å². The number of halogens is 1. The van der Waals surface area contributed by atoms with Gasteiger partial charge in [0.25, 0.3) is 5.91 Å². The van der Waals surface area contributed by atoms with Crippen LogP contribution in [0.5, 0.6) is 0 Å². The Morgan fingerprint density at radius 2 is 1.63 bits per heavy atom. The molecule has 1 heterocycles. The third-order valence-corrected chi connectivity index (χ3v) is 5.64. The van der Waals surface area contributed by atoms with Crippen molar-refractivity contribution in [2.45, 2.75) is 20.8 Å². The standard InChI is InChI=1S/C21H19ClN2O2S/c1-12-10-19(27-20(12)15-6-4-7-16(22)11-15)21(26)24-18-9-5-8-17(13(18)2)23-14(3)25/h4-11H,1-3H3,(H,23,25)(H,24,26). The second-order valence-corrected chi connectivity index (χ2v) is 7.74. The molecular formula is C21H19ClN2O2S. The Morgan fingerprint density at radius 3 is 2.30 bits per heavy atom. The molecule has 3 rings (SSSR count). The van der Waals surface area contributed by atoms with Gasteiger partial charge in [0.1, 0.15) is 0 Å². The number of carbonyl (C=O) groups excluding carboxylic acids is 2. The van der Waals surface area contributed by atoms with Crippen molar-refractivity contribution in [2.75, 3.05) is 10.6 Å². The van der Waals surface area contributed by atoms with Crippen LogP contribution >= 0.6 is 22.9 Å². The van der Waals surface area contributed by atoms with Crippen LogP contribution in [0.25, 0.3) is 10.4 Å². The van der Waals surface area contributed by atoms with Gasteiger partial charge in [-0.1, -0.05) is 29.8 Å². The predicted octanol–water partition coefficient (Wildman–Crippen LogP) is 5.90. The third-order valence-electron chi connectivity index (χ3n) is 4.12. The van der Waals surface area contributed by atoms with Crippen LogP contribution in [0.2, 0.25) is 5.02 Å². The van der Waals surface area contributed by atoms with E-state index in [-0.39, 0.29) is 11.8 Å². The summed E-state index contributed by atoms with van der Waals surface area (Å²) in [7, 11) is 0. The first-order chi connectivity index (χ1) is 12.8. The van der Waals surface area contributed by atoms with Crippen molar-refractivity contribution in [2.24, 2.45) is 0 Å². The van der Waals surface area contributed by atoms with Crippen molar-refractivity contribution in [1.82, 2.24) is 0 Å². The zero-order valence-corrected chi connectivity index (χ0v) is 16.8. The van der Waals surface area contributed by atoms with Crippen LogP contribution in [-0.2, 0) is 4.79 Å². The summed E-state index contributed by atoms with van der Waals surface area (Å²) < 4.78 is 0. The van der Waals surface area contributed by atoms with E-state index in [9.17, 15) is 9.59 Å². The highest BCUT2D eigenvalue weighted by Crippen LogP contribution is 2.34. The summed E-state index contributed by atoms with van der Waals surface area (Å²) in [5.74, 6) is -0.332. The fourth-order valence-corrected chi connectivity index (χ4v) is 4.04. The Hall–Kier alpha value is -2.63. The molecule has 2 aromatic carbocycles. The molecule has 0 unspecified atom stereocenters. The molecule has 6 heteroatoms. The molecule has 138 valence electrons. The molecule has 3 aromatic rings. The molecule has 27 heavy (non-hydrogen) atoms. The minimum atomic E-state index is -0.181. The van der Waals surface area contributed by atoms with E-state index in [1.807, 2.05) is 50.2 Å². The number of nitrogens with one attached hydrogen (secondary N) is 2. The summed E-state index contributed by atoms with van der Waals surface area (Å²) in [5, 5.41) is 6.37. The number of thiophene rings is 1. The molecule has 0 aliphatic rings. The van der Waals surface area contributed by atoms with Gasteiger partial charge in [0, 0.05) is 28.2 Å². The van der Waals surface area contributed by atoms with E-state index in [1.54, 1.807) is 12.1 Å². The largest absolute Gasteiger partial charge is 0.326 e. The maximum atomic E-state index is 12.7. The molecule has 0 spiro atoms. The van der Waals surface area contributed by atoms with Crippen molar-refractivity contribution in [3.63, 3.8) is 0 Å². The number of amides is 2. The van der Waals surface area contributed by atoms with Crippen molar-refractivity contribution in [3.8, 4) is 10.4 Å². The topological polar surface area (TPSA) is 58.2 Å². The van der Waals surface area contributed by atoms with Crippen LogP contribution in [-0.4, -0.2) is 11.8 Å². The van der Waals surface area contributed by atoms with Crippen LogP contribution in [0.1, 0.15) is 27.7 Å². The zero-order valence-electron chi connectivity index (χ0n) is 15.2. The predicted molar refractivity (Wildman–Crippen MR) is 113 cm³/mol. The molecule has 0 saturated carbocycles. The van der Waals surface area contributed by atoms with Gasteiger partial charge in [-0.05, 0) is 60.9 Å². The first-order valence-corrected chi connectivity index (χ1v) is 9.59. The number of hydrogen-bond acceptors (Lipinski definition) is 3. The minimum Gasteiger partial charge on any atom is -0.326 e. The van der Waals surface area contributed by atoms with Gasteiger partial charge in [-0.25, -0.2) is 0 Å². The van der Waals surface area contributed by atoms with E-state index in [2.05, 4.69) is 10.6 Å². The minimum absolute atomic E-state index is 0.151. The highest BCUT2D eigenvalue weighted by Gasteiger charge is 2.15. The molecule has 0 aliphatic heterocycles. The molecule has 2 N–H and O–H groups in total. The van der Waals surface area contributed by atoms with Crippen LogP contribution < -0.4 is 10.6 Å². The smallest absolute Gasteiger partial charge is 0.265 e. The fourth-order valence-electron chi connectivity index (χ4n) is 2.79. The average molecular weight is 399 g/mol. The number of aryl methyl sites for hydroxylation is 1. The monoisotopic (exact) mass is 398 g/mol. The van der Waals surface area contributed by atoms with E-state index in [1.165, 1.54) is 18.3 Å². The van der Waals surface area contributed by atoms with Crippen molar-refractivity contribution < 1.29 is 9.59 Å². The second-order valence-electron chi connectivity index (χ2n) is 6.25. The fraction of sp³-hybridized carbons (Fsp3) is 0.143. The zero-order chi connectivity index (χ0) is 19.6. The number of carbonyl (C=O) groups is 2. The molecule has 0 saturated heterocycles. The lowest BCUT2D eigenvalue weighted by molar-refractivity contribution is -0.114. The van der Waals surface area contributed by atoms with Crippen LogP contribution in [0, 0.1) is 13.8 Å². The molecule has 0 fully saturated rings. The summed E-state index contributed by atoms with van der Waals surface area (Å²) in [6.45, 7) is 5.29. The third kappa shape index (κ3) is 4.38. The summed E-state index contributed by atoms with van der Waals surface area (Å²) in [5.41, 5.74) is 4.18. The van der Waals surface area contributed by atoms with Gasteiger partial charge in [0.05, 0.1) is 4.88 Å². The molecular weight excluding hydrogens is 380 g/mol. The van der Waals surface area contributed by atoms with Gasteiger partial charge in [-0.15, -0.1) is 11.3 Å². The molecule has 2 amide bonds. The molecule has 0 bridgehead atoms. The van der Waals surface area contributed by atoms with E-state index < -0.39 is 0 Å². The average Bonchev–Trinajstić information content (AvgIpc) is 3.00. The molecule has 1 aromatic heterocycles.